The van der Waals surface area contributed by atoms with Gasteiger partial charge in [-0.3, -0.25) is 4.99 Å². The predicted molar refractivity (Wildman–Crippen MR) is 107 cm³/mol. The van der Waals surface area contributed by atoms with E-state index in [4.69, 9.17) is 9.47 Å². The summed E-state index contributed by atoms with van der Waals surface area (Å²) >= 11 is 0. The fourth-order valence-electron chi connectivity index (χ4n) is 2.59. The number of hydrogen-bond acceptors (Lipinski definition) is 3. The minimum Gasteiger partial charge on any atom is -0.496 e. The molecule has 0 aliphatic heterocycles. The van der Waals surface area contributed by atoms with E-state index in [0.717, 1.165) is 56.4 Å². The fourth-order valence-corrected chi connectivity index (χ4v) is 2.59. The molecular weight excluding hydrogens is 326 g/mol. The third-order valence-electron chi connectivity index (χ3n) is 3.98. The van der Waals surface area contributed by atoms with Crippen molar-refractivity contribution < 1.29 is 9.47 Å². The van der Waals surface area contributed by atoms with E-state index in [2.05, 4.69) is 21.7 Å². The van der Waals surface area contributed by atoms with Crippen LogP contribution in [-0.4, -0.2) is 39.8 Å². The highest BCUT2D eigenvalue weighted by Crippen LogP contribution is 2.17. The zero-order chi connectivity index (χ0) is 18.5. The number of unbranched alkanes of at least 4 members (excludes halogenated alkanes) is 1. The van der Waals surface area contributed by atoms with Gasteiger partial charge in [-0.25, -0.2) is 0 Å². The number of hydrogen-bond donors (Lipinski definition) is 2. The highest BCUT2D eigenvalue weighted by molar-refractivity contribution is 5.79. The van der Waals surface area contributed by atoms with Gasteiger partial charge in [0.2, 0.25) is 0 Å². The van der Waals surface area contributed by atoms with Crippen LogP contribution < -0.4 is 20.1 Å². The Morgan fingerprint density at radius 3 is 2.42 bits per heavy atom. The first kappa shape index (κ1) is 19.6. The summed E-state index contributed by atoms with van der Waals surface area (Å²) in [6.45, 7) is 2.40. The molecule has 0 amide bonds. The first-order valence-electron chi connectivity index (χ1n) is 9.07. The third kappa shape index (κ3) is 7.05. The average Bonchev–Trinajstić information content (AvgIpc) is 2.70. The number of benzene rings is 2. The van der Waals surface area contributed by atoms with E-state index >= 15 is 0 Å². The number of nitrogens with one attached hydrogen (secondary N) is 2. The molecule has 0 bridgehead atoms. The maximum atomic E-state index is 5.69. The Labute approximate surface area is 156 Å². The maximum Gasteiger partial charge on any atom is 0.190 e. The van der Waals surface area contributed by atoms with Crippen molar-refractivity contribution in [1.29, 1.82) is 0 Å². The number of para-hydroxylation sites is 2. The highest BCUT2D eigenvalue weighted by Gasteiger charge is 2.02. The fraction of sp³-hybridized carbons (Fsp3) is 0.381. The van der Waals surface area contributed by atoms with Crippen LogP contribution in [0.5, 0.6) is 11.5 Å². The first-order valence-corrected chi connectivity index (χ1v) is 9.07. The maximum absolute atomic E-state index is 5.69. The Morgan fingerprint density at radius 2 is 1.65 bits per heavy atom. The van der Waals surface area contributed by atoms with Gasteiger partial charge in [-0.05, 0) is 43.0 Å². The SMILES string of the molecule is CN=C(NCCCCOc1ccccc1)NCCc1ccccc1OC. The average molecular weight is 355 g/mol. The van der Waals surface area contributed by atoms with Crippen molar-refractivity contribution in [1.82, 2.24) is 10.6 Å². The highest BCUT2D eigenvalue weighted by atomic mass is 16.5. The van der Waals surface area contributed by atoms with E-state index in [1.165, 1.54) is 5.56 Å². The Balaban J connectivity index is 1.57. The lowest BCUT2D eigenvalue weighted by Gasteiger charge is -2.13. The van der Waals surface area contributed by atoms with Gasteiger partial charge >= 0.3 is 0 Å². The molecule has 2 aromatic rings. The van der Waals surface area contributed by atoms with Gasteiger partial charge in [-0.15, -0.1) is 0 Å². The zero-order valence-corrected chi connectivity index (χ0v) is 15.7. The van der Waals surface area contributed by atoms with Crippen LogP contribution in [0.1, 0.15) is 18.4 Å². The Bertz CT molecular complexity index is 659. The summed E-state index contributed by atoms with van der Waals surface area (Å²) in [5.41, 5.74) is 1.19. The molecule has 0 unspecified atom stereocenters. The van der Waals surface area contributed by atoms with E-state index in [0.29, 0.717) is 0 Å². The Kier molecular flexibility index (Phi) is 8.90. The largest absolute Gasteiger partial charge is 0.496 e. The number of aliphatic imine (C=N–C) groups is 1. The lowest BCUT2D eigenvalue weighted by atomic mass is 10.1. The molecule has 5 heteroatoms. The Morgan fingerprint density at radius 1 is 0.923 bits per heavy atom. The first-order chi connectivity index (χ1) is 12.8. The predicted octanol–water partition coefficient (Wildman–Crippen LogP) is 3.26. The second-order valence-electron chi connectivity index (χ2n) is 5.86. The van der Waals surface area contributed by atoms with Crippen LogP contribution in [0.4, 0.5) is 0 Å². The van der Waals surface area contributed by atoms with Gasteiger partial charge in [0.15, 0.2) is 5.96 Å². The Hall–Kier alpha value is -2.69. The van der Waals surface area contributed by atoms with Gasteiger partial charge in [0, 0.05) is 20.1 Å². The molecule has 26 heavy (non-hydrogen) atoms. The summed E-state index contributed by atoms with van der Waals surface area (Å²) in [5.74, 6) is 2.67. The summed E-state index contributed by atoms with van der Waals surface area (Å²) in [6, 6.07) is 18.0. The molecule has 0 aliphatic rings. The second kappa shape index (κ2) is 11.8. The van der Waals surface area contributed by atoms with Gasteiger partial charge in [-0.2, -0.15) is 0 Å². The van der Waals surface area contributed by atoms with Crippen molar-refractivity contribution in [3.8, 4) is 11.5 Å². The summed E-state index contributed by atoms with van der Waals surface area (Å²) in [6.07, 6.45) is 2.91. The van der Waals surface area contributed by atoms with Gasteiger partial charge in [0.05, 0.1) is 13.7 Å². The number of guanidine groups is 1. The van der Waals surface area contributed by atoms with E-state index in [9.17, 15) is 0 Å². The molecule has 0 saturated heterocycles. The van der Waals surface area contributed by atoms with Gasteiger partial charge in [-0.1, -0.05) is 36.4 Å². The second-order valence-corrected chi connectivity index (χ2v) is 5.86. The van der Waals surface area contributed by atoms with Crippen LogP contribution >= 0.6 is 0 Å². The summed E-state index contributed by atoms with van der Waals surface area (Å²) in [4.78, 5) is 4.26. The lowest BCUT2D eigenvalue weighted by molar-refractivity contribution is 0.307. The molecule has 0 heterocycles. The minimum atomic E-state index is 0.728. The standard InChI is InChI=1S/C21H29N3O2/c1-22-21(24-16-14-18-10-6-7-13-20(18)25-2)23-15-8-9-17-26-19-11-4-3-5-12-19/h3-7,10-13H,8-9,14-17H2,1-2H3,(H2,22,23,24). The van der Waals surface area contributed by atoms with Crippen LogP contribution in [0.2, 0.25) is 0 Å². The molecule has 140 valence electrons. The van der Waals surface area contributed by atoms with Crippen molar-refractivity contribution in [3.05, 3.63) is 60.2 Å². The van der Waals surface area contributed by atoms with E-state index in [1.54, 1.807) is 14.2 Å². The van der Waals surface area contributed by atoms with Crippen LogP contribution in [0, 0.1) is 0 Å². The molecule has 0 atom stereocenters. The summed E-state index contributed by atoms with van der Waals surface area (Å²) in [7, 11) is 3.49. The monoisotopic (exact) mass is 355 g/mol. The van der Waals surface area contributed by atoms with Crippen molar-refractivity contribution in [2.24, 2.45) is 4.99 Å². The summed E-state index contributed by atoms with van der Waals surface area (Å²) < 4.78 is 11.1. The molecule has 0 aliphatic carbocycles. The van der Waals surface area contributed by atoms with E-state index in [1.807, 2.05) is 48.5 Å². The molecule has 5 nitrogen and oxygen atoms in total. The number of nitrogens with zero attached hydrogens (tertiary/aromatic N) is 1. The third-order valence-corrected chi connectivity index (χ3v) is 3.98. The smallest absolute Gasteiger partial charge is 0.190 e. The topological polar surface area (TPSA) is 54.9 Å². The molecule has 0 aromatic heterocycles. The van der Waals surface area contributed by atoms with Crippen LogP contribution in [0.25, 0.3) is 0 Å². The quantitative estimate of drug-likeness (QED) is 0.390. The zero-order valence-electron chi connectivity index (χ0n) is 15.7. The van der Waals surface area contributed by atoms with Crippen molar-refractivity contribution >= 4 is 5.96 Å². The molecule has 0 spiro atoms. The molecule has 0 saturated carbocycles. The lowest BCUT2D eigenvalue weighted by Crippen LogP contribution is -2.38. The van der Waals surface area contributed by atoms with Gasteiger partial charge in [0.1, 0.15) is 11.5 Å². The molecule has 2 rings (SSSR count). The number of ether oxygens (including phenoxy) is 2. The van der Waals surface area contributed by atoms with Crippen molar-refractivity contribution in [3.63, 3.8) is 0 Å². The number of rotatable bonds is 10. The van der Waals surface area contributed by atoms with E-state index < -0.39 is 0 Å². The molecule has 2 N–H and O–H groups in total. The van der Waals surface area contributed by atoms with Crippen LogP contribution in [-0.2, 0) is 6.42 Å². The van der Waals surface area contributed by atoms with Crippen LogP contribution in [0.3, 0.4) is 0 Å². The van der Waals surface area contributed by atoms with Gasteiger partial charge in [0.25, 0.3) is 0 Å². The molecule has 0 fully saturated rings. The molecule has 0 radical (unpaired) electrons. The minimum absolute atomic E-state index is 0.728. The normalized spacial score (nSPS) is 11.1. The summed E-state index contributed by atoms with van der Waals surface area (Å²) in [5, 5.41) is 6.67. The van der Waals surface area contributed by atoms with Gasteiger partial charge < -0.3 is 20.1 Å². The van der Waals surface area contributed by atoms with Crippen molar-refractivity contribution in [2.45, 2.75) is 19.3 Å². The molecular formula is C21H29N3O2. The number of methoxy groups -OCH3 is 1. The van der Waals surface area contributed by atoms with E-state index in [-0.39, 0.29) is 0 Å². The van der Waals surface area contributed by atoms with Crippen molar-refractivity contribution in [2.75, 3.05) is 33.9 Å². The van der Waals surface area contributed by atoms with Crippen LogP contribution in [0.15, 0.2) is 59.6 Å². The molecule has 2 aromatic carbocycles.